The van der Waals surface area contributed by atoms with Crippen LogP contribution in [0, 0.1) is 46.8 Å². The highest BCUT2D eigenvalue weighted by molar-refractivity contribution is 5.24. The van der Waals surface area contributed by atoms with Crippen LogP contribution in [0.15, 0.2) is 0 Å². The first-order chi connectivity index (χ1) is 8.68. The lowest BCUT2D eigenvalue weighted by atomic mass is 9.35. The van der Waals surface area contributed by atoms with Crippen molar-refractivity contribution in [3.8, 4) is 0 Å². The third-order valence-corrected chi connectivity index (χ3v) is 7.26. The van der Waals surface area contributed by atoms with Crippen molar-refractivity contribution >= 4 is 0 Å². The summed E-state index contributed by atoms with van der Waals surface area (Å²) in [7, 11) is 0. The minimum Gasteiger partial charge on any atom is -0.330 e. The highest BCUT2D eigenvalue weighted by atomic mass is 14.8. The lowest BCUT2D eigenvalue weighted by Crippen LogP contribution is -2.65. The summed E-state index contributed by atoms with van der Waals surface area (Å²) in [6.07, 6.45) is 8.65. The third kappa shape index (κ3) is 1.38. The molecule has 4 rings (SSSR count). The molecular weight excluding hydrogens is 218 g/mol. The van der Waals surface area contributed by atoms with Crippen molar-refractivity contribution in [2.75, 3.05) is 6.54 Å². The molecule has 0 aromatic rings. The molecule has 0 aliphatic heterocycles. The maximum absolute atomic E-state index is 6.08. The van der Waals surface area contributed by atoms with Crippen LogP contribution in [-0.4, -0.2) is 6.54 Å². The molecule has 102 valence electrons. The second kappa shape index (κ2) is 3.75. The Morgan fingerprint density at radius 3 is 2.56 bits per heavy atom. The van der Waals surface area contributed by atoms with Crippen LogP contribution in [0.5, 0.6) is 0 Å². The number of unbranched alkanes of at least 4 members (excludes halogenated alkanes) is 1. The van der Waals surface area contributed by atoms with E-state index in [-0.39, 0.29) is 0 Å². The average Bonchev–Trinajstić information content (AvgIpc) is 3.05. The fourth-order valence-corrected chi connectivity index (χ4v) is 6.12. The molecule has 0 saturated heterocycles. The van der Waals surface area contributed by atoms with Gasteiger partial charge in [0, 0.05) is 0 Å². The van der Waals surface area contributed by atoms with Crippen molar-refractivity contribution in [1.82, 2.24) is 0 Å². The van der Waals surface area contributed by atoms with E-state index in [4.69, 9.17) is 5.73 Å². The van der Waals surface area contributed by atoms with E-state index >= 15 is 0 Å². The maximum Gasteiger partial charge on any atom is -0.00231 e. The number of hydrogen-bond donors (Lipinski definition) is 1. The largest absolute Gasteiger partial charge is 0.330 e. The second-order valence-electron chi connectivity index (χ2n) is 8.28. The molecule has 4 saturated carbocycles. The maximum atomic E-state index is 6.08. The van der Waals surface area contributed by atoms with E-state index in [0.29, 0.717) is 5.41 Å². The first kappa shape index (κ1) is 11.8. The molecule has 0 amide bonds. The smallest absolute Gasteiger partial charge is 0.00231 e. The Morgan fingerprint density at radius 2 is 1.83 bits per heavy atom. The van der Waals surface area contributed by atoms with Gasteiger partial charge in [0.15, 0.2) is 0 Å². The Labute approximate surface area is 112 Å². The Bertz CT molecular complexity index is 352. The Morgan fingerprint density at radius 1 is 1.06 bits per heavy atom. The molecule has 4 aliphatic carbocycles. The second-order valence-corrected chi connectivity index (χ2v) is 8.28. The topological polar surface area (TPSA) is 26.0 Å². The number of fused-ring (bicyclic) bond motifs is 7. The van der Waals surface area contributed by atoms with Gasteiger partial charge in [0.25, 0.3) is 0 Å². The van der Waals surface area contributed by atoms with E-state index < -0.39 is 0 Å². The summed E-state index contributed by atoms with van der Waals surface area (Å²) in [5.41, 5.74) is 6.53. The van der Waals surface area contributed by atoms with Gasteiger partial charge < -0.3 is 5.73 Å². The molecule has 8 atom stereocenters. The average molecular weight is 247 g/mol. The molecule has 4 fully saturated rings. The van der Waals surface area contributed by atoms with E-state index in [9.17, 15) is 0 Å². The summed E-state index contributed by atoms with van der Waals surface area (Å²) in [6, 6.07) is 0. The zero-order valence-corrected chi connectivity index (χ0v) is 12.1. The molecule has 1 nitrogen and oxygen atoms in total. The van der Waals surface area contributed by atoms with Crippen LogP contribution in [0.4, 0.5) is 0 Å². The van der Waals surface area contributed by atoms with Gasteiger partial charge in [0.2, 0.25) is 0 Å². The normalized spacial score (nSPS) is 53.8. The van der Waals surface area contributed by atoms with E-state index in [1.54, 1.807) is 12.8 Å². The number of rotatable bonds is 6. The van der Waals surface area contributed by atoms with Gasteiger partial charge in [0.05, 0.1) is 0 Å². The summed E-state index contributed by atoms with van der Waals surface area (Å²) >= 11 is 0. The van der Waals surface area contributed by atoms with Crippen LogP contribution < -0.4 is 5.73 Å². The van der Waals surface area contributed by atoms with Crippen molar-refractivity contribution in [3.63, 3.8) is 0 Å². The van der Waals surface area contributed by atoms with Gasteiger partial charge in [-0.1, -0.05) is 26.7 Å². The zero-order valence-electron chi connectivity index (χ0n) is 12.1. The Balaban J connectivity index is 1.35. The van der Waals surface area contributed by atoms with Gasteiger partial charge >= 0.3 is 0 Å². The van der Waals surface area contributed by atoms with Gasteiger partial charge in [-0.25, -0.2) is 0 Å². The van der Waals surface area contributed by atoms with Crippen molar-refractivity contribution in [2.24, 2.45) is 52.6 Å². The van der Waals surface area contributed by atoms with Crippen LogP contribution in [0.2, 0.25) is 0 Å². The molecule has 0 aromatic carbocycles. The van der Waals surface area contributed by atoms with Gasteiger partial charge in [0.1, 0.15) is 0 Å². The first-order valence-corrected chi connectivity index (χ1v) is 8.38. The lowest BCUT2D eigenvalue weighted by molar-refractivity contribution is -0.221. The van der Waals surface area contributed by atoms with E-state index in [1.807, 2.05) is 0 Å². The fourth-order valence-electron chi connectivity index (χ4n) is 6.12. The first-order valence-electron chi connectivity index (χ1n) is 8.38. The van der Waals surface area contributed by atoms with Crippen molar-refractivity contribution < 1.29 is 0 Å². The number of hydrogen-bond acceptors (Lipinski definition) is 1. The Kier molecular flexibility index (Phi) is 2.45. The minimum absolute atomic E-state index is 0.448. The Hall–Kier alpha value is -0.0400. The summed E-state index contributed by atoms with van der Waals surface area (Å²) in [5, 5.41) is 0. The van der Waals surface area contributed by atoms with Crippen LogP contribution in [-0.2, 0) is 0 Å². The molecule has 0 heterocycles. The monoisotopic (exact) mass is 247 g/mol. The number of nitrogens with two attached hydrogens (primary N) is 1. The van der Waals surface area contributed by atoms with Crippen LogP contribution in [0.1, 0.15) is 52.4 Å². The molecule has 0 radical (unpaired) electrons. The molecule has 18 heavy (non-hydrogen) atoms. The van der Waals surface area contributed by atoms with Crippen molar-refractivity contribution in [2.45, 2.75) is 52.4 Å². The van der Waals surface area contributed by atoms with Gasteiger partial charge in [-0.2, -0.15) is 0 Å². The molecule has 1 heteroatoms. The fraction of sp³-hybridized carbons (Fsp3) is 1.00. The van der Waals surface area contributed by atoms with Crippen LogP contribution in [0.25, 0.3) is 0 Å². The van der Waals surface area contributed by atoms with Gasteiger partial charge in [-0.05, 0) is 79.1 Å². The predicted molar refractivity (Wildman–Crippen MR) is 75.0 cm³/mol. The summed E-state index contributed by atoms with van der Waals surface area (Å²) < 4.78 is 0. The molecular formula is C17H29N. The molecule has 0 aromatic heterocycles. The molecule has 0 spiro atoms. The van der Waals surface area contributed by atoms with E-state index in [2.05, 4.69) is 13.8 Å². The third-order valence-electron chi connectivity index (χ3n) is 7.26. The summed E-state index contributed by atoms with van der Waals surface area (Å²) in [4.78, 5) is 0. The van der Waals surface area contributed by atoms with Gasteiger partial charge in [-0.15, -0.1) is 0 Å². The lowest BCUT2D eigenvalue weighted by Gasteiger charge is -2.70. The van der Waals surface area contributed by atoms with E-state index in [0.717, 1.165) is 18.4 Å². The van der Waals surface area contributed by atoms with E-state index in [1.165, 1.54) is 55.3 Å². The quantitative estimate of drug-likeness (QED) is 0.761. The highest BCUT2D eigenvalue weighted by Gasteiger charge is 2.77. The standard InChI is InChI=1S/C17H29N/c1-3-4-5-17(2,9-18)8-10-6-13-14(10)16-12-7-11(12)15(13)16/h10-16H,3-9,18H2,1-2H3/t10?,11?,12?,13?,14?,15-,16?,17?/m0/s1. The zero-order chi connectivity index (χ0) is 12.5. The van der Waals surface area contributed by atoms with Crippen LogP contribution in [0.3, 0.4) is 0 Å². The highest BCUT2D eigenvalue weighted by Crippen LogP contribution is 2.82. The molecule has 2 N–H and O–H groups in total. The molecule has 7 unspecified atom stereocenters. The van der Waals surface area contributed by atoms with Crippen molar-refractivity contribution in [3.05, 3.63) is 0 Å². The van der Waals surface area contributed by atoms with Crippen LogP contribution >= 0.6 is 0 Å². The molecule has 0 bridgehead atoms. The summed E-state index contributed by atoms with van der Waals surface area (Å²) in [6.45, 7) is 5.66. The summed E-state index contributed by atoms with van der Waals surface area (Å²) in [5.74, 6) is 8.24. The SMILES string of the molecule is CCCCC(C)(CN)CC1CC2C1C1C3CC3[C@@H]21. The minimum atomic E-state index is 0.448. The van der Waals surface area contributed by atoms with Crippen molar-refractivity contribution in [1.29, 1.82) is 0 Å². The predicted octanol–water partition coefficient (Wildman–Crippen LogP) is 3.68. The molecule has 4 aliphatic rings. The van der Waals surface area contributed by atoms with Gasteiger partial charge in [-0.3, -0.25) is 0 Å².